The lowest BCUT2D eigenvalue weighted by Crippen LogP contribution is -2.19. The molecule has 1 rings (SSSR count). The molecule has 0 aliphatic heterocycles. The van der Waals surface area contributed by atoms with E-state index in [4.69, 9.17) is 9.84 Å². The molecule has 0 saturated carbocycles. The maximum Gasteiger partial charge on any atom is 0.332 e. The molecule has 0 aromatic carbocycles. The molecular formula is C8H11NO3S. The number of aryl methyl sites for hydroxylation is 1. The summed E-state index contributed by atoms with van der Waals surface area (Å²) in [5.41, 5.74) is 0. The molecule has 0 aliphatic rings. The highest BCUT2D eigenvalue weighted by Gasteiger charge is 2.11. The molecule has 13 heavy (non-hydrogen) atoms. The number of carbonyl (C=O) groups is 1. The van der Waals surface area contributed by atoms with E-state index in [1.807, 2.05) is 6.92 Å². The van der Waals surface area contributed by atoms with E-state index in [0.29, 0.717) is 6.61 Å². The van der Waals surface area contributed by atoms with Gasteiger partial charge in [0.25, 0.3) is 0 Å². The molecule has 0 radical (unpaired) electrons. The van der Waals surface area contributed by atoms with E-state index in [0.717, 1.165) is 9.88 Å². The number of nitrogens with zero attached hydrogens (tertiary/aromatic N) is 1. The Bertz CT molecular complexity index is 297. The summed E-state index contributed by atoms with van der Waals surface area (Å²) in [7, 11) is 0. The van der Waals surface area contributed by atoms with Gasteiger partial charge in [-0.15, -0.1) is 11.3 Å². The lowest BCUT2D eigenvalue weighted by molar-refractivity contribution is -0.149. The molecule has 4 nitrogen and oxygen atoms in total. The van der Waals surface area contributed by atoms with E-state index in [1.54, 1.807) is 6.20 Å². The summed E-state index contributed by atoms with van der Waals surface area (Å²) < 4.78 is 5.07. The van der Waals surface area contributed by atoms with E-state index in [-0.39, 0.29) is 0 Å². The van der Waals surface area contributed by atoms with Crippen LogP contribution in [0.5, 0.6) is 0 Å². The monoisotopic (exact) mass is 201 g/mol. The van der Waals surface area contributed by atoms with Crippen molar-refractivity contribution in [2.24, 2.45) is 0 Å². The van der Waals surface area contributed by atoms with Gasteiger partial charge in [-0.2, -0.15) is 0 Å². The summed E-state index contributed by atoms with van der Waals surface area (Å²) in [6.07, 6.45) is 0.941. The number of ether oxygens (including phenoxy) is 1. The predicted molar refractivity (Wildman–Crippen MR) is 48.7 cm³/mol. The number of thiazole rings is 1. The number of hydrogen-bond donors (Lipinski definition) is 1. The van der Waals surface area contributed by atoms with Crippen molar-refractivity contribution in [1.29, 1.82) is 0 Å². The van der Waals surface area contributed by atoms with Gasteiger partial charge in [-0.05, 0) is 13.8 Å². The Morgan fingerprint density at radius 2 is 2.54 bits per heavy atom. The van der Waals surface area contributed by atoms with Gasteiger partial charge in [-0.25, -0.2) is 9.78 Å². The molecule has 1 atom stereocenters. The van der Waals surface area contributed by atoms with Gasteiger partial charge >= 0.3 is 5.97 Å². The summed E-state index contributed by atoms with van der Waals surface area (Å²) in [5, 5.41) is 9.49. The Morgan fingerprint density at radius 1 is 1.85 bits per heavy atom. The quantitative estimate of drug-likeness (QED) is 0.800. The molecular weight excluding hydrogens is 190 g/mol. The molecule has 1 N–H and O–H groups in total. The smallest absolute Gasteiger partial charge is 0.332 e. The van der Waals surface area contributed by atoms with Crippen LogP contribution in [0.2, 0.25) is 0 Å². The van der Waals surface area contributed by atoms with Gasteiger partial charge in [0.1, 0.15) is 0 Å². The SMILES string of the molecule is Cc1ncc(CO[C@@H](C)C(=O)O)s1. The van der Waals surface area contributed by atoms with Gasteiger partial charge in [0, 0.05) is 6.20 Å². The molecule has 0 aliphatic carbocycles. The normalized spacial score (nSPS) is 12.8. The average molecular weight is 201 g/mol. The zero-order valence-corrected chi connectivity index (χ0v) is 8.30. The molecule has 1 aromatic rings. The van der Waals surface area contributed by atoms with Crippen molar-refractivity contribution >= 4 is 17.3 Å². The fraction of sp³-hybridized carbons (Fsp3) is 0.500. The Hall–Kier alpha value is -0.940. The number of hydrogen-bond acceptors (Lipinski definition) is 4. The second-order valence-corrected chi connectivity index (χ2v) is 3.96. The lowest BCUT2D eigenvalue weighted by atomic mass is 10.4. The molecule has 0 bridgehead atoms. The minimum absolute atomic E-state index is 0.318. The van der Waals surface area contributed by atoms with Crippen LogP contribution in [0.1, 0.15) is 16.8 Å². The van der Waals surface area contributed by atoms with Crippen LogP contribution in [0, 0.1) is 6.92 Å². The van der Waals surface area contributed by atoms with E-state index in [9.17, 15) is 4.79 Å². The van der Waals surface area contributed by atoms with Crippen LogP contribution in [0.4, 0.5) is 0 Å². The molecule has 5 heteroatoms. The number of carboxylic acid groups (broad SMARTS) is 1. The average Bonchev–Trinajstić information content (AvgIpc) is 2.47. The van der Waals surface area contributed by atoms with Crippen LogP contribution < -0.4 is 0 Å². The molecule has 72 valence electrons. The lowest BCUT2D eigenvalue weighted by Gasteiger charge is -2.05. The van der Waals surface area contributed by atoms with Crippen LogP contribution in [0.3, 0.4) is 0 Å². The summed E-state index contributed by atoms with van der Waals surface area (Å²) in [5.74, 6) is -0.943. The number of carboxylic acids is 1. The van der Waals surface area contributed by atoms with Crippen molar-refractivity contribution in [3.05, 3.63) is 16.1 Å². The fourth-order valence-electron chi connectivity index (χ4n) is 0.750. The van der Waals surface area contributed by atoms with Crippen molar-refractivity contribution in [1.82, 2.24) is 4.98 Å². The van der Waals surface area contributed by atoms with Gasteiger partial charge in [-0.1, -0.05) is 0 Å². The topological polar surface area (TPSA) is 59.4 Å². The predicted octanol–water partition coefficient (Wildman–Crippen LogP) is 1.44. The van der Waals surface area contributed by atoms with Gasteiger partial charge in [0.15, 0.2) is 6.10 Å². The van der Waals surface area contributed by atoms with Crippen molar-refractivity contribution in [2.75, 3.05) is 0 Å². The standard InChI is InChI=1S/C8H11NO3S/c1-5(8(10)11)12-4-7-3-9-6(2)13-7/h3,5H,4H2,1-2H3,(H,10,11)/t5-/m0/s1. The maximum atomic E-state index is 10.4. The molecule has 0 spiro atoms. The number of aromatic nitrogens is 1. The van der Waals surface area contributed by atoms with Crippen LogP contribution in [0.25, 0.3) is 0 Å². The third-order valence-corrected chi connectivity index (χ3v) is 2.38. The first-order chi connectivity index (χ1) is 6.09. The molecule has 1 heterocycles. The first kappa shape index (κ1) is 10.1. The Labute approximate surface area is 80.2 Å². The van der Waals surface area contributed by atoms with Crippen molar-refractivity contribution in [2.45, 2.75) is 26.6 Å². The highest BCUT2D eigenvalue weighted by molar-refractivity contribution is 7.11. The van der Waals surface area contributed by atoms with Crippen molar-refractivity contribution in [3.63, 3.8) is 0 Å². The largest absolute Gasteiger partial charge is 0.479 e. The van der Waals surface area contributed by atoms with Gasteiger partial charge in [0.2, 0.25) is 0 Å². The van der Waals surface area contributed by atoms with E-state index < -0.39 is 12.1 Å². The highest BCUT2D eigenvalue weighted by atomic mass is 32.1. The second-order valence-electron chi connectivity index (χ2n) is 2.64. The fourth-order valence-corrected chi connectivity index (χ4v) is 1.47. The van der Waals surface area contributed by atoms with Crippen molar-refractivity contribution < 1.29 is 14.6 Å². The van der Waals surface area contributed by atoms with Gasteiger partial charge in [0.05, 0.1) is 16.5 Å². The Morgan fingerprint density at radius 3 is 3.00 bits per heavy atom. The Kier molecular flexibility index (Phi) is 3.39. The van der Waals surface area contributed by atoms with Gasteiger partial charge in [-0.3, -0.25) is 0 Å². The first-order valence-corrected chi connectivity index (χ1v) is 4.67. The van der Waals surface area contributed by atoms with Crippen LogP contribution in [-0.2, 0) is 16.1 Å². The van der Waals surface area contributed by atoms with E-state index >= 15 is 0 Å². The van der Waals surface area contributed by atoms with Crippen LogP contribution >= 0.6 is 11.3 Å². The van der Waals surface area contributed by atoms with E-state index in [2.05, 4.69) is 4.98 Å². The van der Waals surface area contributed by atoms with E-state index in [1.165, 1.54) is 18.3 Å². The highest BCUT2D eigenvalue weighted by Crippen LogP contribution is 2.13. The number of rotatable bonds is 4. The molecule has 0 amide bonds. The minimum atomic E-state index is -0.943. The first-order valence-electron chi connectivity index (χ1n) is 3.85. The molecule has 0 unspecified atom stereocenters. The molecule has 1 aromatic heterocycles. The van der Waals surface area contributed by atoms with Crippen molar-refractivity contribution in [3.8, 4) is 0 Å². The van der Waals surface area contributed by atoms with Gasteiger partial charge < -0.3 is 9.84 Å². The molecule has 0 saturated heterocycles. The third kappa shape index (κ3) is 3.12. The summed E-state index contributed by atoms with van der Waals surface area (Å²) in [6.45, 7) is 3.73. The van der Waals surface area contributed by atoms with Crippen LogP contribution in [-0.4, -0.2) is 22.2 Å². The zero-order chi connectivity index (χ0) is 9.84. The summed E-state index contributed by atoms with van der Waals surface area (Å²) in [4.78, 5) is 15.4. The minimum Gasteiger partial charge on any atom is -0.479 e. The zero-order valence-electron chi connectivity index (χ0n) is 7.48. The molecule has 0 fully saturated rings. The summed E-state index contributed by atoms with van der Waals surface area (Å²) in [6, 6.07) is 0. The Balaban J connectivity index is 2.39. The number of aliphatic carboxylic acids is 1. The maximum absolute atomic E-state index is 10.4. The van der Waals surface area contributed by atoms with Crippen LogP contribution in [0.15, 0.2) is 6.20 Å². The second kappa shape index (κ2) is 4.34. The summed E-state index contributed by atoms with van der Waals surface area (Å²) >= 11 is 1.51. The third-order valence-electron chi connectivity index (χ3n) is 1.49.